The van der Waals surface area contributed by atoms with Crippen molar-refractivity contribution < 1.29 is 0 Å². The van der Waals surface area contributed by atoms with Crippen LogP contribution in [0.5, 0.6) is 0 Å². The van der Waals surface area contributed by atoms with Gasteiger partial charge < -0.3 is 5.32 Å². The van der Waals surface area contributed by atoms with Gasteiger partial charge in [0.1, 0.15) is 5.84 Å². The summed E-state index contributed by atoms with van der Waals surface area (Å²) in [5.74, 6) is 1.21. The highest BCUT2D eigenvalue weighted by Gasteiger charge is 2.12. The van der Waals surface area contributed by atoms with Crippen LogP contribution >= 0.6 is 0 Å². The molecule has 1 saturated heterocycles. The summed E-state index contributed by atoms with van der Waals surface area (Å²) in [6.45, 7) is 5.60. The lowest BCUT2D eigenvalue weighted by molar-refractivity contribution is 0.323. The van der Waals surface area contributed by atoms with E-state index in [9.17, 15) is 0 Å². The monoisotopic (exact) mass is 181 g/mol. The third kappa shape index (κ3) is 2.69. The van der Waals surface area contributed by atoms with Crippen LogP contribution in [-0.2, 0) is 0 Å². The second-order valence-electron chi connectivity index (χ2n) is 3.95. The molecule has 0 aliphatic carbocycles. The van der Waals surface area contributed by atoms with E-state index in [2.05, 4.69) is 15.2 Å². The Morgan fingerprint density at radius 3 is 2.54 bits per heavy atom. The fourth-order valence-electron chi connectivity index (χ4n) is 2.06. The lowest BCUT2D eigenvalue weighted by atomic mass is 10.2. The second-order valence-corrected chi connectivity index (χ2v) is 3.95. The molecule has 2 aliphatic heterocycles. The SMILES string of the molecule is C1CCCN(CC2=NCCN2)CC1. The van der Waals surface area contributed by atoms with E-state index in [0.29, 0.717) is 0 Å². The van der Waals surface area contributed by atoms with Gasteiger partial charge in [0.25, 0.3) is 0 Å². The van der Waals surface area contributed by atoms with Gasteiger partial charge in [0.2, 0.25) is 0 Å². The molecule has 1 fully saturated rings. The first-order valence-electron chi connectivity index (χ1n) is 5.45. The molecule has 3 heteroatoms. The maximum absolute atomic E-state index is 4.42. The molecule has 74 valence electrons. The summed E-state index contributed by atoms with van der Waals surface area (Å²) in [4.78, 5) is 6.96. The van der Waals surface area contributed by atoms with Crippen molar-refractivity contribution in [2.75, 3.05) is 32.7 Å². The van der Waals surface area contributed by atoms with Gasteiger partial charge in [-0.25, -0.2) is 0 Å². The highest BCUT2D eigenvalue weighted by atomic mass is 15.2. The zero-order valence-corrected chi connectivity index (χ0v) is 8.26. The minimum atomic E-state index is 0.975. The van der Waals surface area contributed by atoms with E-state index in [-0.39, 0.29) is 0 Å². The Labute approximate surface area is 80.2 Å². The fourth-order valence-corrected chi connectivity index (χ4v) is 2.06. The average Bonchev–Trinajstić information content (AvgIpc) is 2.49. The minimum absolute atomic E-state index is 0.975. The Bertz CT molecular complexity index is 181. The standard InChI is InChI=1S/C10H19N3/c1-2-4-8-13(7-3-1)9-10-11-5-6-12-10/h1-9H2,(H,11,12). The van der Waals surface area contributed by atoms with Gasteiger partial charge in [-0.15, -0.1) is 0 Å². The average molecular weight is 181 g/mol. The predicted molar refractivity (Wildman–Crippen MR) is 55.2 cm³/mol. The second kappa shape index (κ2) is 4.61. The van der Waals surface area contributed by atoms with E-state index in [1.807, 2.05) is 0 Å². The predicted octanol–water partition coefficient (Wildman–Crippen LogP) is 0.864. The smallest absolute Gasteiger partial charge is 0.111 e. The first-order chi connectivity index (χ1) is 6.45. The summed E-state index contributed by atoms with van der Waals surface area (Å²) in [7, 11) is 0. The van der Waals surface area contributed by atoms with Gasteiger partial charge in [-0.3, -0.25) is 9.89 Å². The molecule has 3 nitrogen and oxygen atoms in total. The van der Waals surface area contributed by atoms with E-state index in [0.717, 1.165) is 19.6 Å². The zero-order chi connectivity index (χ0) is 8.93. The van der Waals surface area contributed by atoms with E-state index >= 15 is 0 Å². The molecule has 0 unspecified atom stereocenters. The maximum Gasteiger partial charge on any atom is 0.111 e. The van der Waals surface area contributed by atoms with Gasteiger partial charge in [0.15, 0.2) is 0 Å². The van der Waals surface area contributed by atoms with E-state index in [1.54, 1.807) is 0 Å². The van der Waals surface area contributed by atoms with Gasteiger partial charge in [-0.2, -0.15) is 0 Å². The largest absolute Gasteiger partial charge is 0.371 e. The molecule has 0 amide bonds. The highest BCUT2D eigenvalue weighted by Crippen LogP contribution is 2.09. The third-order valence-corrected chi connectivity index (χ3v) is 2.82. The van der Waals surface area contributed by atoms with Gasteiger partial charge >= 0.3 is 0 Å². The Morgan fingerprint density at radius 1 is 1.15 bits per heavy atom. The third-order valence-electron chi connectivity index (χ3n) is 2.82. The van der Waals surface area contributed by atoms with Crippen molar-refractivity contribution in [1.82, 2.24) is 10.2 Å². The van der Waals surface area contributed by atoms with Crippen LogP contribution in [0.4, 0.5) is 0 Å². The van der Waals surface area contributed by atoms with Crippen molar-refractivity contribution >= 4 is 5.84 Å². The van der Waals surface area contributed by atoms with E-state index in [4.69, 9.17) is 0 Å². The van der Waals surface area contributed by atoms with Gasteiger partial charge in [0.05, 0.1) is 13.1 Å². The summed E-state index contributed by atoms with van der Waals surface area (Å²) < 4.78 is 0. The molecule has 0 saturated carbocycles. The van der Waals surface area contributed by atoms with Crippen LogP contribution in [0.25, 0.3) is 0 Å². The van der Waals surface area contributed by atoms with Crippen LogP contribution in [0.15, 0.2) is 4.99 Å². The van der Waals surface area contributed by atoms with Crippen molar-refractivity contribution in [2.24, 2.45) is 4.99 Å². The number of aliphatic imine (C=N–C) groups is 1. The van der Waals surface area contributed by atoms with E-state index in [1.165, 1.54) is 44.6 Å². The molecule has 0 atom stereocenters. The van der Waals surface area contributed by atoms with Crippen LogP contribution in [0.2, 0.25) is 0 Å². The Kier molecular flexibility index (Phi) is 3.19. The van der Waals surface area contributed by atoms with Gasteiger partial charge in [-0.05, 0) is 25.9 Å². The summed E-state index contributed by atoms with van der Waals surface area (Å²) >= 11 is 0. The van der Waals surface area contributed by atoms with Crippen molar-refractivity contribution in [3.8, 4) is 0 Å². The molecule has 2 aliphatic rings. The van der Waals surface area contributed by atoms with Crippen molar-refractivity contribution in [2.45, 2.75) is 25.7 Å². The molecule has 0 spiro atoms. The lowest BCUT2D eigenvalue weighted by Gasteiger charge is -2.19. The molecule has 2 rings (SSSR count). The van der Waals surface area contributed by atoms with Crippen LogP contribution in [0, 0.1) is 0 Å². The quantitative estimate of drug-likeness (QED) is 0.684. The summed E-state index contributed by atoms with van der Waals surface area (Å²) in [5.41, 5.74) is 0. The van der Waals surface area contributed by atoms with E-state index < -0.39 is 0 Å². The molecule has 13 heavy (non-hydrogen) atoms. The van der Waals surface area contributed by atoms with Crippen LogP contribution in [0.3, 0.4) is 0 Å². The lowest BCUT2D eigenvalue weighted by Crippen LogP contribution is -2.35. The van der Waals surface area contributed by atoms with Gasteiger partial charge in [0, 0.05) is 6.54 Å². The number of nitrogens with zero attached hydrogens (tertiary/aromatic N) is 2. The summed E-state index contributed by atoms with van der Waals surface area (Å²) in [6.07, 6.45) is 5.56. The number of rotatable bonds is 2. The van der Waals surface area contributed by atoms with Gasteiger partial charge in [-0.1, -0.05) is 12.8 Å². The molecule has 1 N–H and O–H groups in total. The Hall–Kier alpha value is -0.570. The summed E-state index contributed by atoms with van der Waals surface area (Å²) in [6, 6.07) is 0. The van der Waals surface area contributed by atoms with Crippen LogP contribution < -0.4 is 5.32 Å². The zero-order valence-electron chi connectivity index (χ0n) is 8.26. The fraction of sp³-hybridized carbons (Fsp3) is 0.900. The molecule has 0 aromatic heterocycles. The summed E-state index contributed by atoms with van der Waals surface area (Å²) in [5, 5.41) is 3.33. The molecule has 0 aromatic rings. The molecule has 0 bridgehead atoms. The Morgan fingerprint density at radius 2 is 1.92 bits per heavy atom. The van der Waals surface area contributed by atoms with Crippen molar-refractivity contribution in [3.05, 3.63) is 0 Å². The van der Waals surface area contributed by atoms with Crippen molar-refractivity contribution in [1.29, 1.82) is 0 Å². The topological polar surface area (TPSA) is 27.6 Å². The van der Waals surface area contributed by atoms with Crippen molar-refractivity contribution in [3.63, 3.8) is 0 Å². The Balaban J connectivity index is 1.78. The molecular weight excluding hydrogens is 162 g/mol. The number of hydrogen-bond acceptors (Lipinski definition) is 3. The normalized spacial score (nSPS) is 25.1. The molecule has 2 heterocycles. The molecule has 0 radical (unpaired) electrons. The first-order valence-corrected chi connectivity index (χ1v) is 5.45. The van der Waals surface area contributed by atoms with Crippen LogP contribution in [0.1, 0.15) is 25.7 Å². The number of likely N-dealkylation sites (tertiary alicyclic amines) is 1. The highest BCUT2D eigenvalue weighted by molar-refractivity contribution is 5.85. The number of nitrogens with one attached hydrogen (secondary N) is 1. The number of hydrogen-bond donors (Lipinski definition) is 1. The molecule has 0 aromatic carbocycles. The number of amidine groups is 1. The minimum Gasteiger partial charge on any atom is -0.371 e. The first kappa shape index (κ1) is 9.00. The maximum atomic E-state index is 4.42. The molecular formula is C10H19N3. The van der Waals surface area contributed by atoms with Crippen LogP contribution in [-0.4, -0.2) is 43.5 Å².